The van der Waals surface area contributed by atoms with Gasteiger partial charge in [-0.25, -0.2) is 4.79 Å². The number of nitrogens with two attached hydrogens (primary N) is 1. The standard InChI is InChI=1S/C33H41F3N4O2/c1-21(2)28-18-25(37)19-29(22(3)4)30(28)39-31(41)38-20-32(23-8-7-11-27(17-23)42-5)12-14-40(15-13-32)26-10-6-9-24(16-26)33(34,35)36/h6-11,16-19,21-22H,12-15,20,37H2,1-5H3,(H2,38,39,41). The van der Waals surface area contributed by atoms with Gasteiger partial charge in [0.25, 0.3) is 0 Å². The number of piperidine rings is 1. The monoisotopic (exact) mass is 582 g/mol. The van der Waals surface area contributed by atoms with Crippen LogP contribution in [0.15, 0.2) is 60.7 Å². The van der Waals surface area contributed by atoms with E-state index >= 15 is 0 Å². The predicted molar refractivity (Wildman–Crippen MR) is 164 cm³/mol. The first kappa shape index (κ1) is 31.1. The van der Waals surface area contributed by atoms with Gasteiger partial charge in [0.15, 0.2) is 0 Å². The third-order valence-electron chi connectivity index (χ3n) is 8.23. The van der Waals surface area contributed by atoms with Crippen molar-refractivity contribution in [2.24, 2.45) is 0 Å². The smallest absolute Gasteiger partial charge is 0.416 e. The Morgan fingerprint density at radius 3 is 2.17 bits per heavy atom. The molecule has 0 aliphatic carbocycles. The number of nitrogens with one attached hydrogen (secondary N) is 2. The summed E-state index contributed by atoms with van der Waals surface area (Å²) in [7, 11) is 1.61. The van der Waals surface area contributed by atoms with Crippen LogP contribution in [0.25, 0.3) is 0 Å². The minimum Gasteiger partial charge on any atom is -0.497 e. The summed E-state index contributed by atoms with van der Waals surface area (Å²) in [6.07, 6.45) is -3.14. The average Bonchev–Trinajstić information content (AvgIpc) is 2.96. The predicted octanol–water partition coefficient (Wildman–Crippen LogP) is 7.90. The van der Waals surface area contributed by atoms with Crippen molar-refractivity contribution >= 4 is 23.1 Å². The van der Waals surface area contributed by atoms with Crippen LogP contribution in [0.1, 0.15) is 74.6 Å². The third-order valence-corrected chi connectivity index (χ3v) is 8.23. The van der Waals surface area contributed by atoms with Crippen LogP contribution in [0.4, 0.5) is 35.0 Å². The number of ether oxygens (including phenoxy) is 1. The van der Waals surface area contributed by atoms with Crippen molar-refractivity contribution in [1.82, 2.24) is 5.32 Å². The number of alkyl halides is 3. The number of anilines is 3. The number of methoxy groups -OCH3 is 1. The second kappa shape index (κ2) is 12.5. The van der Waals surface area contributed by atoms with E-state index < -0.39 is 17.2 Å². The largest absolute Gasteiger partial charge is 0.497 e. The molecule has 2 amide bonds. The van der Waals surface area contributed by atoms with Crippen LogP contribution in [0, 0.1) is 0 Å². The molecule has 42 heavy (non-hydrogen) atoms. The van der Waals surface area contributed by atoms with E-state index in [-0.39, 0.29) is 17.9 Å². The number of carbonyl (C=O) groups excluding carboxylic acids is 1. The molecule has 0 unspecified atom stereocenters. The quantitative estimate of drug-likeness (QED) is 0.236. The molecule has 1 aliphatic heterocycles. The zero-order valence-electron chi connectivity index (χ0n) is 24.9. The van der Waals surface area contributed by atoms with E-state index in [9.17, 15) is 18.0 Å². The fraction of sp³-hybridized carbons (Fsp3) is 0.424. The highest BCUT2D eigenvalue weighted by Crippen LogP contribution is 2.40. The van der Waals surface area contributed by atoms with Gasteiger partial charge >= 0.3 is 12.2 Å². The lowest BCUT2D eigenvalue weighted by atomic mass is 9.72. The summed E-state index contributed by atoms with van der Waals surface area (Å²) in [4.78, 5) is 15.4. The molecule has 9 heteroatoms. The maximum atomic E-state index is 13.4. The second-order valence-corrected chi connectivity index (χ2v) is 11.7. The average molecular weight is 583 g/mol. The molecule has 1 aliphatic rings. The molecule has 0 aromatic heterocycles. The van der Waals surface area contributed by atoms with Crippen LogP contribution in [-0.2, 0) is 11.6 Å². The lowest BCUT2D eigenvalue weighted by Crippen LogP contribution is -2.49. The van der Waals surface area contributed by atoms with Crippen molar-refractivity contribution in [2.75, 3.05) is 42.7 Å². The van der Waals surface area contributed by atoms with Gasteiger partial charge in [-0.3, -0.25) is 0 Å². The van der Waals surface area contributed by atoms with Gasteiger partial charge in [-0.2, -0.15) is 13.2 Å². The number of halogens is 3. The molecule has 4 N–H and O–H groups in total. The van der Waals surface area contributed by atoms with Crippen LogP contribution >= 0.6 is 0 Å². The SMILES string of the molecule is COc1cccc(C2(CNC(=O)Nc3c(C(C)C)cc(N)cc3C(C)C)CCN(c3cccc(C(F)(F)F)c3)CC2)c1. The molecule has 0 saturated carbocycles. The van der Waals surface area contributed by atoms with E-state index in [4.69, 9.17) is 10.5 Å². The molecule has 1 saturated heterocycles. The van der Waals surface area contributed by atoms with Crippen LogP contribution in [0.2, 0.25) is 0 Å². The van der Waals surface area contributed by atoms with Gasteiger partial charge in [0.1, 0.15) is 5.75 Å². The summed E-state index contributed by atoms with van der Waals surface area (Å²) in [6, 6.07) is 16.8. The zero-order chi connectivity index (χ0) is 30.7. The Morgan fingerprint density at radius 1 is 0.976 bits per heavy atom. The highest BCUT2D eigenvalue weighted by Gasteiger charge is 2.38. The summed E-state index contributed by atoms with van der Waals surface area (Å²) in [5, 5.41) is 6.23. The maximum Gasteiger partial charge on any atom is 0.416 e. The summed E-state index contributed by atoms with van der Waals surface area (Å²) < 4.78 is 45.6. The minimum atomic E-state index is -4.40. The van der Waals surface area contributed by atoms with E-state index in [1.165, 1.54) is 12.1 Å². The molecular weight excluding hydrogens is 541 g/mol. The van der Waals surface area contributed by atoms with Crippen LogP contribution in [0.5, 0.6) is 5.75 Å². The number of hydrogen-bond acceptors (Lipinski definition) is 4. The van der Waals surface area contributed by atoms with Gasteiger partial charge in [0.2, 0.25) is 0 Å². The molecule has 0 atom stereocenters. The number of nitrogen functional groups attached to an aromatic ring is 1. The third kappa shape index (κ3) is 6.94. The highest BCUT2D eigenvalue weighted by molar-refractivity contribution is 5.92. The molecule has 4 rings (SSSR count). The first-order valence-electron chi connectivity index (χ1n) is 14.4. The summed E-state index contributed by atoms with van der Waals surface area (Å²) >= 11 is 0. The van der Waals surface area contributed by atoms with E-state index in [1.54, 1.807) is 13.2 Å². The Hall–Kier alpha value is -3.88. The lowest BCUT2D eigenvalue weighted by molar-refractivity contribution is -0.137. The van der Waals surface area contributed by atoms with Crippen molar-refractivity contribution in [3.8, 4) is 5.75 Å². The molecule has 3 aromatic carbocycles. The maximum absolute atomic E-state index is 13.4. The summed E-state index contributed by atoms with van der Waals surface area (Å²) in [5.41, 5.74) is 10.0. The van der Waals surface area contributed by atoms with Gasteiger partial charge in [-0.15, -0.1) is 0 Å². The first-order valence-corrected chi connectivity index (χ1v) is 14.4. The van der Waals surface area contributed by atoms with Crippen LogP contribution < -0.4 is 26.0 Å². The van der Waals surface area contributed by atoms with Gasteiger partial charge in [-0.05, 0) is 83.8 Å². The van der Waals surface area contributed by atoms with Crippen LogP contribution in [0.3, 0.4) is 0 Å². The van der Waals surface area contributed by atoms with Gasteiger partial charge in [0, 0.05) is 42.1 Å². The first-order chi connectivity index (χ1) is 19.8. The Labute approximate surface area is 246 Å². The van der Waals surface area contributed by atoms with Crippen LogP contribution in [-0.4, -0.2) is 32.8 Å². The Bertz CT molecular complexity index is 1370. The van der Waals surface area contributed by atoms with Gasteiger partial charge in [0.05, 0.1) is 12.7 Å². The Morgan fingerprint density at radius 2 is 1.60 bits per heavy atom. The van der Waals surface area contributed by atoms with Gasteiger partial charge in [-0.1, -0.05) is 45.9 Å². The van der Waals surface area contributed by atoms with Crippen molar-refractivity contribution in [2.45, 2.75) is 64.0 Å². The number of urea groups is 1. The van der Waals surface area contributed by atoms with Crippen molar-refractivity contribution < 1.29 is 22.7 Å². The molecule has 0 spiro atoms. The highest BCUT2D eigenvalue weighted by atomic mass is 19.4. The minimum absolute atomic E-state index is 0.157. The van der Waals surface area contributed by atoms with Gasteiger partial charge < -0.3 is 26.0 Å². The molecule has 3 aromatic rings. The van der Waals surface area contributed by atoms with E-state index in [1.807, 2.05) is 41.3 Å². The molecule has 0 bridgehead atoms. The molecule has 6 nitrogen and oxygen atoms in total. The topological polar surface area (TPSA) is 79.6 Å². The summed E-state index contributed by atoms with van der Waals surface area (Å²) in [6.45, 7) is 9.70. The number of benzene rings is 3. The summed E-state index contributed by atoms with van der Waals surface area (Å²) in [5.74, 6) is 1.02. The Kier molecular flexibility index (Phi) is 9.28. The molecule has 1 fully saturated rings. The Balaban J connectivity index is 1.57. The molecule has 226 valence electrons. The number of hydrogen-bond donors (Lipinski definition) is 3. The second-order valence-electron chi connectivity index (χ2n) is 11.7. The van der Waals surface area contributed by atoms with E-state index in [0.29, 0.717) is 49.6 Å². The fourth-order valence-corrected chi connectivity index (χ4v) is 5.77. The van der Waals surface area contributed by atoms with Crippen molar-refractivity contribution in [1.29, 1.82) is 0 Å². The molecular formula is C33H41F3N4O2. The number of nitrogens with zero attached hydrogens (tertiary/aromatic N) is 1. The van der Waals surface area contributed by atoms with Crippen molar-refractivity contribution in [3.63, 3.8) is 0 Å². The van der Waals surface area contributed by atoms with E-state index in [2.05, 4.69) is 38.3 Å². The molecule has 1 heterocycles. The fourth-order valence-electron chi connectivity index (χ4n) is 5.77. The molecule has 0 radical (unpaired) electrons. The number of rotatable bonds is 8. The zero-order valence-corrected chi connectivity index (χ0v) is 24.9. The number of amides is 2. The normalized spacial score (nSPS) is 15.1. The lowest BCUT2D eigenvalue weighted by Gasteiger charge is -2.43. The van der Waals surface area contributed by atoms with Crippen molar-refractivity contribution in [3.05, 3.63) is 82.9 Å². The number of carbonyl (C=O) groups is 1. The van der Waals surface area contributed by atoms with E-state index in [0.717, 1.165) is 28.4 Å².